The van der Waals surface area contributed by atoms with Crippen molar-refractivity contribution in [2.45, 2.75) is 34.1 Å². The van der Waals surface area contributed by atoms with Crippen LogP contribution in [0.5, 0.6) is 0 Å². The minimum atomic E-state index is 0.0527. The van der Waals surface area contributed by atoms with Gasteiger partial charge < -0.3 is 9.42 Å². The highest BCUT2D eigenvalue weighted by molar-refractivity contribution is 5.93. The fraction of sp³-hybridized carbons (Fsp3) is 0.526. The van der Waals surface area contributed by atoms with Crippen molar-refractivity contribution in [1.82, 2.24) is 15.0 Å². The van der Waals surface area contributed by atoms with E-state index in [0.717, 1.165) is 56.4 Å². The third-order valence-corrected chi connectivity index (χ3v) is 4.21. The highest BCUT2D eigenvalue weighted by Crippen LogP contribution is 2.14. The molecular weight excluding hydrogens is 316 g/mol. The van der Waals surface area contributed by atoms with Crippen LogP contribution in [0, 0.1) is 6.92 Å². The summed E-state index contributed by atoms with van der Waals surface area (Å²) in [6.45, 7) is 12.4. The Balaban J connectivity index is 0.00000109. The Hall–Kier alpha value is -2.21. The molecule has 3 rings (SSSR count). The molecule has 0 atom stereocenters. The summed E-state index contributed by atoms with van der Waals surface area (Å²) in [6, 6.07) is 5.78. The van der Waals surface area contributed by atoms with Crippen molar-refractivity contribution in [2.75, 3.05) is 37.6 Å². The van der Waals surface area contributed by atoms with Gasteiger partial charge in [0.25, 0.3) is 0 Å². The van der Waals surface area contributed by atoms with Gasteiger partial charge in [-0.2, -0.15) is 0 Å². The number of rotatable bonds is 5. The fourth-order valence-electron chi connectivity index (χ4n) is 2.79. The largest absolute Gasteiger partial charge is 0.361 e. The van der Waals surface area contributed by atoms with Crippen LogP contribution in [0.25, 0.3) is 0 Å². The first kappa shape index (κ1) is 19.1. The molecule has 0 aliphatic carbocycles. The molecule has 0 bridgehead atoms. The van der Waals surface area contributed by atoms with Gasteiger partial charge in [-0.3, -0.25) is 9.69 Å². The van der Waals surface area contributed by atoms with Crippen LogP contribution in [-0.4, -0.2) is 53.5 Å². The first-order valence-electron chi connectivity index (χ1n) is 8.98. The lowest BCUT2D eigenvalue weighted by Gasteiger charge is -2.35. The summed E-state index contributed by atoms with van der Waals surface area (Å²) in [5.41, 5.74) is 1.68. The fourth-order valence-corrected chi connectivity index (χ4v) is 2.79. The maximum Gasteiger partial charge on any atom is 0.161 e. The van der Waals surface area contributed by atoms with E-state index in [1.165, 1.54) is 0 Å². The zero-order valence-electron chi connectivity index (χ0n) is 15.7. The molecule has 2 aromatic heterocycles. The summed E-state index contributed by atoms with van der Waals surface area (Å²) < 4.78 is 5.10. The number of aryl methyl sites for hydroxylation is 1. The molecule has 0 N–H and O–H groups in total. The molecule has 6 nitrogen and oxygen atoms in total. The molecule has 1 fully saturated rings. The summed E-state index contributed by atoms with van der Waals surface area (Å²) in [5, 5.41) is 4.04. The normalized spacial score (nSPS) is 14.8. The van der Waals surface area contributed by atoms with Crippen LogP contribution in [-0.2, 0) is 6.42 Å². The second-order valence-corrected chi connectivity index (χ2v) is 5.97. The lowest BCUT2D eigenvalue weighted by atomic mass is 10.2. The molecule has 0 radical (unpaired) electrons. The van der Waals surface area contributed by atoms with Gasteiger partial charge in [-0.15, -0.1) is 0 Å². The number of Topliss-reactive ketones (excluding diaryl/α,β-unsaturated/α-hetero) is 1. The Bertz CT molecular complexity index is 658. The number of anilines is 1. The average Bonchev–Trinajstić information content (AvgIpc) is 3.07. The molecule has 1 saturated heterocycles. The van der Waals surface area contributed by atoms with Crippen LogP contribution in [0.1, 0.15) is 42.6 Å². The van der Waals surface area contributed by atoms with Gasteiger partial charge in [-0.05, 0) is 26.0 Å². The standard InChI is InChI=1S/C17H22N4O2.C2H6/c1-13-11-16(19-23-13)5-6-20-7-9-21(10-8-20)17-4-3-15(12-18-17)14(2)22;1-2/h3-4,11-12H,5-10H2,1-2H3;1-2H3. The number of piperazine rings is 1. The lowest BCUT2D eigenvalue weighted by molar-refractivity contribution is 0.101. The Kier molecular flexibility index (Phi) is 7.13. The number of ketones is 1. The molecule has 0 aromatic carbocycles. The molecule has 136 valence electrons. The first-order chi connectivity index (χ1) is 12.1. The number of carbonyl (C=O) groups excluding carboxylic acids is 1. The van der Waals surface area contributed by atoms with E-state index < -0.39 is 0 Å². The van der Waals surface area contributed by atoms with Gasteiger partial charge in [-0.1, -0.05) is 19.0 Å². The van der Waals surface area contributed by atoms with E-state index in [4.69, 9.17) is 4.52 Å². The second kappa shape index (κ2) is 9.32. The second-order valence-electron chi connectivity index (χ2n) is 5.97. The zero-order chi connectivity index (χ0) is 18.2. The molecule has 0 spiro atoms. The van der Waals surface area contributed by atoms with Gasteiger partial charge in [0.15, 0.2) is 5.78 Å². The van der Waals surface area contributed by atoms with Gasteiger partial charge in [0.05, 0.1) is 5.69 Å². The van der Waals surface area contributed by atoms with Gasteiger partial charge in [0.2, 0.25) is 0 Å². The van der Waals surface area contributed by atoms with E-state index in [1.807, 2.05) is 39.0 Å². The van der Waals surface area contributed by atoms with Crippen molar-refractivity contribution < 1.29 is 9.32 Å². The van der Waals surface area contributed by atoms with Crippen LogP contribution < -0.4 is 4.90 Å². The molecular formula is C19H28N4O2. The number of aromatic nitrogens is 2. The highest BCUT2D eigenvalue weighted by atomic mass is 16.5. The van der Waals surface area contributed by atoms with Gasteiger partial charge in [0.1, 0.15) is 11.6 Å². The molecule has 2 aromatic rings. The van der Waals surface area contributed by atoms with Crippen LogP contribution >= 0.6 is 0 Å². The molecule has 25 heavy (non-hydrogen) atoms. The summed E-state index contributed by atoms with van der Waals surface area (Å²) >= 11 is 0. The Morgan fingerprint density at radius 3 is 2.44 bits per heavy atom. The van der Waals surface area contributed by atoms with Gasteiger partial charge in [-0.25, -0.2) is 4.98 Å². The molecule has 1 aliphatic rings. The summed E-state index contributed by atoms with van der Waals surface area (Å²) in [6.07, 6.45) is 2.58. The molecule has 1 aliphatic heterocycles. The van der Waals surface area contributed by atoms with Crippen molar-refractivity contribution >= 4 is 11.6 Å². The Morgan fingerprint density at radius 1 is 1.20 bits per heavy atom. The van der Waals surface area contributed by atoms with Crippen LogP contribution in [0.2, 0.25) is 0 Å². The topological polar surface area (TPSA) is 62.5 Å². The number of nitrogens with zero attached hydrogens (tertiary/aromatic N) is 4. The van der Waals surface area contributed by atoms with Crippen molar-refractivity contribution in [2.24, 2.45) is 0 Å². The third kappa shape index (κ3) is 5.39. The third-order valence-electron chi connectivity index (χ3n) is 4.21. The van der Waals surface area contributed by atoms with Gasteiger partial charge >= 0.3 is 0 Å². The predicted molar refractivity (Wildman–Crippen MR) is 99.2 cm³/mol. The monoisotopic (exact) mass is 344 g/mol. The molecule has 6 heteroatoms. The van der Waals surface area contributed by atoms with Gasteiger partial charge in [0, 0.05) is 57.0 Å². The Morgan fingerprint density at radius 2 is 1.92 bits per heavy atom. The molecule has 0 amide bonds. The summed E-state index contributed by atoms with van der Waals surface area (Å²) in [7, 11) is 0. The van der Waals surface area contributed by atoms with Crippen molar-refractivity contribution in [3.63, 3.8) is 0 Å². The summed E-state index contributed by atoms with van der Waals surface area (Å²) in [4.78, 5) is 20.4. The van der Waals surface area contributed by atoms with E-state index in [2.05, 4.69) is 19.9 Å². The quantitative estimate of drug-likeness (QED) is 0.777. The average molecular weight is 344 g/mol. The number of carbonyl (C=O) groups is 1. The summed E-state index contributed by atoms with van der Waals surface area (Å²) in [5.74, 6) is 1.86. The van der Waals surface area contributed by atoms with E-state index in [-0.39, 0.29) is 5.78 Å². The minimum absolute atomic E-state index is 0.0527. The SMILES string of the molecule is CC.CC(=O)c1ccc(N2CCN(CCc3cc(C)on3)CC2)nc1. The van der Waals surface area contributed by atoms with E-state index in [0.29, 0.717) is 5.56 Å². The number of hydrogen-bond donors (Lipinski definition) is 0. The van der Waals surface area contributed by atoms with Crippen molar-refractivity contribution in [3.8, 4) is 0 Å². The minimum Gasteiger partial charge on any atom is -0.361 e. The van der Waals surface area contributed by atoms with Crippen LogP contribution in [0.15, 0.2) is 28.9 Å². The van der Waals surface area contributed by atoms with Crippen LogP contribution in [0.4, 0.5) is 5.82 Å². The zero-order valence-corrected chi connectivity index (χ0v) is 15.7. The van der Waals surface area contributed by atoms with E-state index >= 15 is 0 Å². The van der Waals surface area contributed by atoms with Crippen LogP contribution in [0.3, 0.4) is 0 Å². The van der Waals surface area contributed by atoms with Crippen molar-refractivity contribution in [1.29, 1.82) is 0 Å². The first-order valence-corrected chi connectivity index (χ1v) is 8.98. The predicted octanol–water partition coefficient (Wildman–Crippen LogP) is 2.97. The maximum atomic E-state index is 11.3. The smallest absolute Gasteiger partial charge is 0.161 e. The maximum absolute atomic E-state index is 11.3. The molecule has 0 unspecified atom stereocenters. The van der Waals surface area contributed by atoms with E-state index in [9.17, 15) is 4.79 Å². The number of pyridine rings is 1. The lowest BCUT2D eigenvalue weighted by Crippen LogP contribution is -2.47. The molecule has 0 saturated carbocycles. The van der Waals surface area contributed by atoms with Crippen molar-refractivity contribution in [3.05, 3.63) is 41.4 Å². The highest BCUT2D eigenvalue weighted by Gasteiger charge is 2.18. The molecule has 3 heterocycles. The number of hydrogen-bond acceptors (Lipinski definition) is 6. The van der Waals surface area contributed by atoms with E-state index in [1.54, 1.807) is 13.1 Å². The Labute approximate surface area is 149 Å².